The zero-order chi connectivity index (χ0) is 15.5. The van der Waals surface area contributed by atoms with Crippen molar-refractivity contribution < 1.29 is 17.9 Å². The molecule has 0 aromatic heterocycles. The fourth-order valence-electron chi connectivity index (χ4n) is 2.52. The van der Waals surface area contributed by atoms with Crippen LogP contribution in [0.3, 0.4) is 0 Å². The number of hydrogen-bond donors (Lipinski definition) is 2. The van der Waals surface area contributed by atoms with E-state index in [1.165, 1.54) is 19.2 Å². The monoisotopic (exact) mass is 314 g/mol. The van der Waals surface area contributed by atoms with Crippen molar-refractivity contribution in [3.05, 3.63) is 18.2 Å². The molecule has 0 spiro atoms. The Morgan fingerprint density at radius 1 is 1.38 bits per heavy atom. The lowest BCUT2D eigenvalue weighted by atomic mass is 9.94. The summed E-state index contributed by atoms with van der Waals surface area (Å²) in [4.78, 5) is 0.0854. The Balaban J connectivity index is 2.14. The van der Waals surface area contributed by atoms with Gasteiger partial charge in [0.25, 0.3) is 0 Å². The zero-order valence-corrected chi connectivity index (χ0v) is 13.2. The van der Waals surface area contributed by atoms with Crippen LogP contribution in [0.2, 0.25) is 0 Å². The van der Waals surface area contributed by atoms with Crippen LogP contribution in [0, 0.1) is 5.92 Å². The molecule has 1 fully saturated rings. The molecule has 1 heterocycles. The highest BCUT2D eigenvalue weighted by Crippen LogP contribution is 2.25. The van der Waals surface area contributed by atoms with Gasteiger partial charge in [-0.25, -0.2) is 13.1 Å². The fourth-order valence-corrected chi connectivity index (χ4v) is 3.94. The maximum Gasteiger partial charge on any atom is 0.242 e. The van der Waals surface area contributed by atoms with Gasteiger partial charge in [0, 0.05) is 25.3 Å². The molecule has 0 bridgehead atoms. The number of nitrogens with two attached hydrogens (primary N) is 1. The smallest absolute Gasteiger partial charge is 0.242 e. The maximum atomic E-state index is 12.4. The number of ether oxygens (including phenoxy) is 2. The van der Waals surface area contributed by atoms with Crippen molar-refractivity contribution in [1.29, 1.82) is 0 Å². The van der Waals surface area contributed by atoms with E-state index in [1.807, 2.05) is 6.92 Å². The van der Waals surface area contributed by atoms with E-state index in [9.17, 15) is 8.42 Å². The highest BCUT2D eigenvalue weighted by Gasteiger charge is 2.26. The SMILES string of the molecule is COc1ccc(S(=O)(=O)NC(C)C2CCOCC2)c(N)c1. The number of rotatable bonds is 5. The zero-order valence-electron chi connectivity index (χ0n) is 12.3. The van der Waals surface area contributed by atoms with Crippen molar-refractivity contribution in [3.63, 3.8) is 0 Å². The van der Waals surface area contributed by atoms with Gasteiger partial charge in [0.1, 0.15) is 10.6 Å². The Morgan fingerprint density at radius 3 is 2.62 bits per heavy atom. The molecule has 21 heavy (non-hydrogen) atoms. The number of nitrogens with one attached hydrogen (secondary N) is 1. The molecule has 1 aliphatic rings. The van der Waals surface area contributed by atoms with Crippen molar-refractivity contribution in [3.8, 4) is 5.75 Å². The lowest BCUT2D eigenvalue weighted by Crippen LogP contribution is -2.40. The Morgan fingerprint density at radius 2 is 2.05 bits per heavy atom. The molecule has 0 aliphatic carbocycles. The summed E-state index contributed by atoms with van der Waals surface area (Å²) >= 11 is 0. The third-order valence-electron chi connectivity index (χ3n) is 3.82. The molecular weight excluding hydrogens is 292 g/mol. The van der Waals surface area contributed by atoms with Crippen molar-refractivity contribution in [2.45, 2.75) is 30.7 Å². The number of sulfonamides is 1. The largest absolute Gasteiger partial charge is 0.497 e. The fraction of sp³-hybridized carbons (Fsp3) is 0.571. The average Bonchev–Trinajstić information content (AvgIpc) is 2.47. The van der Waals surface area contributed by atoms with Gasteiger partial charge in [-0.1, -0.05) is 0 Å². The van der Waals surface area contributed by atoms with Crippen LogP contribution < -0.4 is 15.2 Å². The van der Waals surface area contributed by atoms with Crippen LogP contribution >= 0.6 is 0 Å². The minimum atomic E-state index is -3.64. The van der Waals surface area contributed by atoms with E-state index < -0.39 is 10.0 Å². The molecule has 1 unspecified atom stereocenters. The van der Waals surface area contributed by atoms with Gasteiger partial charge in [-0.2, -0.15) is 0 Å². The Labute approximate surface area is 125 Å². The van der Waals surface area contributed by atoms with Gasteiger partial charge < -0.3 is 15.2 Å². The second kappa shape index (κ2) is 6.64. The number of methoxy groups -OCH3 is 1. The normalized spacial score (nSPS) is 18.4. The molecule has 1 saturated heterocycles. The first kappa shape index (κ1) is 16.1. The van der Waals surface area contributed by atoms with Crippen LogP contribution in [0.1, 0.15) is 19.8 Å². The standard InChI is InChI=1S/C14H22N2O4S/c1-10(11-5-7-20-8-6-11)16-21(17,18)14-4-3-12(19-2)9-13(14)15/h3-4,9-11,16H,5-8,15H2,1-2H3. The van der Waals surface area contributed by atoms with Crippen LogP contribution in [0.25, 0.3) is 0 Å². The summed E-state index contributed by atoms with van der Waals surface area (Å²) in [6.45, 7) is 3.25. The highest BCUT2D eigenvalue weighted by atomic mass is 32.2. The Kier molecular flexibility index (Phi) is 5.08. The Hall–Kier alpha value is -1.31. The minimum absolute atomic E-state index is 0.0854. The van der Waals surface area contributed by atoms with Crippen molar-refractivity contribution in [1.82, 2.24) is 4.72 Å². The first-order valence-electron chi connectivity index (χ1n) is 6.97. The van der Waals surface area contributed by atoms with Crippen LogP contribution in [-0.2, 0) is 14.8 Å². The van der Waals surface area contributed by atoms with E-state index in [-0.39, 0.29) is 22.5 Å². The van der Waals surface area contributed by atoms with Gasteiger partial charge in [-0.3, -0.25) is 0 Å². The van der Waals surface area contributed by atoms with Gasteiger partial charge in [-0.05, 0) is 37.8 Å². The molecule has 0 saturated carbocycles. The molecular formula is C14H22N2O4S. The lowest BCUT2D eigenvalue weighted by molar-refractivity contribution is 0.0585. The Bertz CT molecular complexity index is 583. The molecule has 118 valence electrons. The second-order valence-corrected chi connectivity index (χ2v) is 6.95. The highest BCUT2D eigenvalue weighted by molar-refractivity contribution is 7.89. The van der Waals surface area contributed by atoms with Crippen LogP contribution in [-0.4, -0.2) is 34.8 Å². The molecule has 1 aromatic rings. The number of hydrogen-bond acceptors (Lipinski definition) is 5. The van der Waals surface area contributed by atoms with Gasteiger partial charge >= 0.3 is 0 Å². The van der Waals surface area contributed by atoms with E-state index in [2.05, 4.69) is 4.72 Å². The molecule has 6 nitrogen and oxygen atoms in total. The summed E-state index contributed by atoms with van der Waals surface area (Å²) in [6, 6.07) is 4.41. The molecule has 2 rings (SSSR count). The van der Waals surface area contributed by atoms with Gasteiger partial charge in [0.05, 0.1) is 12.8 Å². The third kappa shape index (κ3) is 3.87. The van der Waals surface area contributed by atoms with E-state index in [1.54, 1.807) is 6.07 Å². The second-order valence-electron chi connectivity index (χ2n) is 5.26. The molecule has 7 heteroatoms. The predicted molar refractivity (Wildman–Crippen MR) is 80.7 cm³/mol. The van der Waals surface area contributed by atoms with Crippen molar-refractivity contribution in [2.75, 3.05) is 26.1 Å². The van der Waals surface area contributed by atoms with Gasteiger partial charge in [0.2, 0.25) is 10.0 Å². The van der Waals surface area contributed by atoms with Crippen molar-refractivity contribution in [2.24, 2.45) is 5.92 Å². The summed E-state index contributed by atoms with van der Waals surface area (Å²) in [5, 5.41) is 0. The van der Waals surface area contributed by atoms with E-state index in [0.717, 1.165) is 12.8 Å². The van der Waals surface area contributed by atoms with Crippen molar-refractivity contribution >= 4 is 15.7 Å². The van der Waals surface area contributed by atoms with Crippen LogP contribution in [0.5, 0.6) is 5.75 Å². The average molecular weight is 314 g/mol. The first-order chi connectivity index (χ1) is 9.94. The quantitative estimate of drug-likeness (QED) is 0.801. The minimum Gasteiger partial charge on any atom is -0.497 e. The van der Waals surface area contributed by atoms with Crippen LogP contribution in [0.15, 0.2) is 23.1 Å². The molecule has 3 N–H and O–H groups in total. The molecule has 1 atom stereocenters. The van der Waals surface area contributed by atoms with E-state index in [4.69, 9.17) is 15.2 Å². The summed E-state index contributed by atoms with van der Waals surface area (Å²) in [5.74, 6) is 0.817. The molecule has 1 aromatic carbocycles. The van der Waals surface area contributed by atoms with Crippen LogP contribution in [0.4, 0.5) is 5.69 Å². The van der Waals surface area contributed by atoms with E-state index >= 15 is 0 Å². The summed E-state index contributed by atoms with van der Waals surface area (Å²) in [6.07, 6.45) is 1.73. The van der Waals surface area contributed by atoms with E-state index in [0.29, 0.717) is 19.0 Å². The first-order valence-corrected chi connectivity index (χ1v) is 8.46. The molecule has 1 aliphatic heterocycles. The maximum absolute atomic E-state index is 12.4. The topological polar surface area (TPSA) is 90.7 Å². The van der Waals surface area contributed by atoms with Gasteiger partial charge in [-0.15, -0.1) is 0 Å². The number of anilines is 1. The summed E-state index contributed by atoms with van der Waals surface area (Å²) in [7, 11) is -2.13. The summed E-state index contributed by atoms with van der Waals surface area (Å²) in [5.41, 5.74) is 6.00. The number of benzene rings is 1. The molecule has 0 amide bonds. The summed E-state index contributed by atoms with van der Waals surface area (Å²) < 4.78 is 37.9. The lowest BCUT2D eigenvalue weighted by Gasteiger charge is -2.28. The van der Waals surface area contributed by atoms with Gasteiger partial charge in [0.15, 0.2) is 0 Å². The third-order valence-corrected chi connectivity index (χ3v) is 5.45. The molecule has 0 radical (unpaired) electrons. The predicted octanol–water partition coefficient (Wildman–Crippen LogP) is 1.37. The number of nitrogen functional groups attached to an aromatic ring is 1.